The molecule has 0 aliphatic heterocycles. The van der Waals surface area contributed by atoms with Crippen molar-refractivity contribution in [3.63, 3.8) is 0 Å². The smallest absolute Gasteiger partial charge is 0.0703 e. The molecule has 0 saturated heterocycles. The first kappa shape index (κ1) is 16.5. The van der Waals surface area contributed by atoms with Crippen LogP contribution in [-0.4, -0.2) is 20.5 Å². The minimum absolute atomic E-state index is 0.354. The van der Waals surface area contributed by atoms with E-state index in [0.717, 1.165) is 50.3 Å². The molecule has 2 rings (SSSR count). The molecule has 2 atom stereocenters. The van der Waals surface area contributed by atoms with Crippen molar-refractivity contribution in [1.82, 2.24) is 9.78 Å². The summed E-state index contributed by atoms with van der Waals surface area (Å²) in [6.45, 7) is 12.0. The maximum atomic E-state index is 11.1. The Bertz CT molecular complexity index is 472. The van der Waals surface area contributed by atoms with Crippen molar-refractivity contribution in [2.75, 3.05) is 0 Å². The van der Waals surface area contributed by atoms with Gasteiger partial charge in [0.25, 0.3) is 0 Å². The molecule has 0 bridgehead atoms. The van der Waals surface area contributed by atoms with E-state index < -0.39 is 5.60 Å². The van der Waals surface area contributed by atoms with Crippen molar-refractivity contribution in [2.24, 2.45) is 11.3 Å². The minimum Gasteiger partial charge on any atom is -0.389 e. The molecule has 1 heterocycles. The van der Waals surface area contributed by atoms with Gasteiger partial charge in [0, 0.05) is 18.7 Å². The van der Waals surface area contributed by atoms with Gasteiger partial charge in [0.15, 0.2) is 0 Å². The Morgan fingerprint density at radius 3 is 2.67 bits per heavy atom. The number of aromatic nitrogens is 2. The maximum Gasteiger partial charge on any atom is 0.0703 e. The van der Waals surface area contributed by atoms with Crippen LogP contribution in [0.4, 0.5) is 0 Å². The highest BCUT2D eigenvalue weighted by molar-refractivity contribution is 5.12. The van der Waals surface area contributed by atoms with Crippen LogP contribution in [0.3, 0.4) is 0 Å². The Morgan fingerprint density at radius 2 is 2.05 bits per heavy atom. The first-order chi connectivity index (χ1) is 9.73. The highest BCUT2D eigenvalue weighted by Crippen LogP contribution is 2.40. The van der Waals surface area contributed by atoms with Crippen molar-refractivity contribution in [2.45, 2.75) is 85.3 Å². The maximum absolute atomic E-state index is 11.1. The molecule has 1 aliphatic rings. The molecule has 0 aromatic carbocycles. The van der Waals surface area contributed by atoms with Gasteiger partial charge in [0.1, 0.15) is 0 Å². The predicted molar refractivity (Wildman–Crippen MR) is 87.3 cm³/mol. The minimum atomic E-state index is -0.542. The highest BCUT2D eigenvalue weighted by Gasteiger charge is 2.35. The van der Waals surface area contributed by atoms with E-state index in [1.54, 1.807) is 0 Å². The lowest BCUT2D eigenvalue weighted by Gasteiger charge is -2.31. The lowest BCUT2D eigenvalue weighted by atomic mass is 9.76. The molecule has 1 fully saturated rings. The Morgan fingerprint density at radius 1 is 1.33 bits per heavy atom. The molecular formula is C18H32N2O. The van der Waals surface area contributed by atoms with Crippen LogP contribution in [0.25, 0.3) is 0 Å². The summed E-state index contributed by atoms with van der Waals surface area (Å²) < 4.78 is 2.04. The summed E-state index contributed by atoms with van der Waals surface area (Å²) in [7, 11) is 0. The van der Waals surface area contributed by atoms with Crippen LogP contribution >= 0.6 is 0 Å². The molecule has 0 spiro atoms. The molecule has 1 aromatic rings. The zero-order valence-electron chi connectivity index (χ0n) is 14.4. The summed E-state index contributed by atoms with van der Waals surface area (Å²) in [4.78, 5) is 0. The SMILES string of the molecule is CCn1nc(C)cc1CC1(O)CCCC(C(C)(C)C)CC1. The Labute approximate surface area is 129 Å². The Hall–Kier alpha value is -0.830. The van der Waals surface area contributed by atoms with Crippen LogP contribution in [0.5, 0.6) is 0 Å². The lowest BCUT2D eigenvalue weighted by Crippen LogP contribution is -2.32. The van der Waals surface area contributed by atoms with E-state index >= 15 is 0 Å². The van der Waals surface area contributed by atoms with Crippen molar-refractivity contribution >= 4 is 0 Å². The van der Waals surface area contributed by atoms with Gasteiger partial charge in [-0.05, 0) is 56.9 Å². The van der Waals surface area contributed by atoms with Gasteiger partial charge in [0.05, 0.1) is 11.3 Å². The van der Waals surface area contributed by atoms with Crippen molar-refractivity contribution < 1.29 is 5.11 Å². The van der Waals surface area contributed by atoms with E-state index in [1.165, 1.54) is 12.1 Å². The zero-order valence-corrected chi connectivity index (χ0v) is 14.4. The zero-order chi connectivity index (χ0) is 15.7. The first-order valence-electron chi connectivity index (χ1n) is 8.49. The second-order valence-corrected chi connectivity index (χ2v) is 7.99. The van der Waals surface area contributed by atoms with Gasteiger partial charge < -0.3 is 5.11 Å². The summed E-state index contributed by atoms with van der Waals surface area (Å²) in [6.07, 6.45) is 6.11. The van der Waals surface area contributed by atoms with E-state index in [9.17, 15) is 5.11 Å². The molecule has 0 amide bonds. The molecule has 1 aromatic heterocycles. The van der Waals surface area contributed by atoms with Gasteiger partial charge >= 0.3 is 0 Å². The first-order valence-corrected chi connectivity index (χ1v) is 8.49. The van der Waals surface area contributed by atoms with E-state index in [2.05, 4.69) is 38.9 Å². The number of hydrogen-bond acceptors (Lipinski definition) is 2. The molecule has 2 unspecified atom stereocenters. The average molecular weight is 292 g/mol. The third kappa shape index (κ3) is 4.09. The van der Waals surface area contributed by atoms with Crippen LogP contribution in [0, 0.1) is 18.3 Å². The number of hydrogen-bond donors (Lipinski definition) is 1. The molecule has 0 radical (unpaired) electrons. The van der Waals surface area contributed by atoms with E-state index in [0.29, 0.717) is 5.41 Å². The monoisotopic (exact) mass is 292 g/mol. The highest BCUT2D eigenvalue weighted by atomic mass is 16.3. The van der Waals surface area contributed by atoms with Crippen LogP contribution in [-0.2, 0) is 13.0 Å². The van der Waals surface area contributed by atoms with Crippen molar-refractivity contribution in [1.29, 1.82) is 0 Å². The van der Waals surface area contributed by atoms with Gasteiger partial charge in [-0.3, -0.25) is 4.68 Å². The fourth-order valence-corrected chi connectivity index (χ4v) is 3.78. The topological polar surface area (TPSA) is 38.0 Å². The second-order valence-electron chi connectivity index (χ2n) is 7.99. The average Bonchev–Trinajstić information content (AvgIpc) is 2.58. The molecule has 1 aliphatic carbocycles. The molecule has 1 N–H and O–H groups in total. The van der Waals surface area contributed by atoms with E-state index in [-0.39, 0.29) is 0 Å². The number of aryl methyl sites for hydroxylation is 2. The van der Waals surface area contributed by atoms with Gasteiger partial charge in [-0.2, -0.15) is 5.10 Å². The van der Waals surface area contributed by atoms with Crippen LogP contribution in [0.1, 0.15) is 71.2 Å². The number of rotatable bonds is 3. The molecule has 1 saturated carbocycles. The Balaban J connectivity index is 2.08. The Kier molecular flexibility index (Phi) is 4.82. The molecular weight excluding hydrogens is 260 g/mol. The van der Waals surface area contributed by atoms with E-state index in [4.69, 9.17) is 0 Å². The summed E-state index contributed by atoms with van der Waals surface area (Å²) in [5.74, 6) is 0.726. The molecule has 21 heavy (non-hydrogen) atoms. The second kappa shape index (κ2) is 6.12. The summed E-state index contributed by atoms with van der Waals surface area (Å²) in [5, 5.41) is 15.6. The fraction of sp³-hybridized carbons (Fsp3) is 0.833. The standard InChI is InChI=1S/C18H32N2O/c1-6-20-16(12-14(2)19-20)13-18(21)10-7-8-15(9-11-18)17(3,4)5/h12,15,21H,6-11,13H2,1-5H3. The predicted octanol–water partition coefficient (Wildman–Crippen LogP) is 4.11. The number of nitrogens with zero attached hydrogens (tertiary/aromatic N) is 2. The summed E-state index contributed by atoms with van der Waals surface area (Å²) >= 11 is 0. The van der Waals surface area contributed by atoms with Crippen LogP contribution in [0.2, 0.25) is 0 Å². The quantitative estimate of drug-likeness (QED) is 0.851. The summed E-state index contributed by atoms with van der Waals surface area (Å²) in [6, 6.07) is 2.13. The fourth-order valence-electron chi connectivity index (χ4n) is 3.78. The van der Waals surface area contributed by atoms with Gasteiger partial charge in [0.2, 0.25) is 0 Å². The van der Waals surface area contributed by atoms with Crippen molar-refractivity contribution in [3.05, 3.63) is 17.5 Å². The van der Waals surface area contributed by atoms with Crippen molar-refractivity contribution in [3.8, 4) is 0 Å². The van der Waals surface area contributed by atoms with E-state index in [1.807, 2.05) is 11.6 Å². The lowest BCUT2D eigenvalue weighted by molar-refractivity contribution is 0.0207. The molecule has 120 valence electrons. The van der Waals surface area contributed by atoms with Gasteiger partial charge in [-0.25, -0.2) is 0 Å². The molecule has 3 heteroatoms. The summed E-state index contributed by atoms with van der Waals surface area (Å²) in [5.41, 5.74) is 2.05. The normalized spacial score (nSPS) is 27.6. The number of aliphatic hydroxyl groups is 1. The third-order valence-corrected chi connectivity index (χ3v) is 5.17. The van der Waals surface area contributed by atoms with Crippen LogP contribution in [0.15, 0.2) is 6.07 Å². The molecule has 3 nitrogen and oxygen atoms in total. The third-order valence-electron chi connectivity index (χ3n) is 5.17. The van der Waals surface area contributed by atoms with Gasteiger partial charge in [-0.1, -0.05) is 27.2 Å². The van der Waals surface area contributed by atoms with Crippen LogP contribution < -0.4 is 0 Å². The van der Waals surface area contributed by atoms with Gasteiger partial charge in [-0.15, -0.1) is 0 Å². The largest absolute Gasteiger partial charge is 0.389 e.